The van der Waals surface area contributed by atoms with Gasteiger partial charge in [0, 0.05) is 6.04 Å². The summed E-state index contributed by atoms with van der Waals surface area (Å²) < 4.78 is 0. The molecule has 1 aromatic carbocycles. The molecule has 0 amide bonds. The highest BCUT2D eigenvalue weighted by molar-refractivity contribution is 5.32. The minimum Gasteiger partial charge on any atom is -0.271 e. The van der Waals surface area contributed by atoms with Crippen LogP contribution in [0.25, 0.3) is 0 Å². The van der Waals surface area contributed by atoms with Gasteiger partial charge in [0.2, 0.25) is 0 Å². The molecule has 2 nitrogen and oxygen atoms in total. The fourth-order valence-corrected chi connectivity index (χ4v) is 3.66. The van der Waals surface area contributed by atoms with E-state index in [4.69, 9.17) is 5.84 Å². The summed E-state index contributed by atoms with van der Waals surface area (Å²) in [5, 5.41) is 0. The van der Waals surface area contributed by atoms with Crippen molar-refractivity contribution in [1.29, 1.82) is 0 Å². The monoisotopic (exact) mass is 260 g/mol. The molecule has 1 aromatic rings. The maximum Gasteiger partial charge on any atom is 0.0244 e. The first-order valence-corrected chi connectivity index (χ1v) is 7.84. The van der Waals surface area contributed by atoms with E-state index in [9.17, 15) is 0 Å². The lowest BCUT2D eigenvalue weighted by Gasteiger charge is -2.32. The first-order chi connectivity index (χ1) is 9.30. The normalized spacial score (nSPS) is 20.3. The van der Waals surface area contributed by atoms with Crippen molar-refractivity contribution in [3.63, 3.8) is 0 Å². The second-order valence-electron chi connectivity index (χ2n) is 5.87. The summed E-state index contributed by atoms with van der Waals surface area (Å²) in [6.45, 7) is 4.54. The van der Waals surface area contributed by atoms with Gasteiger partial charge in [-0.05, 0) is 48.6 Å². The number of nitrogens with two attached hydrogens (primary N) is 1. The van der Waals surface area contributed by atoms with Crippen LogP contribution in [-0.4, -0.2) is 6.04 Å². The lowest BCUT2D eigenvalue weighted by molar-refractivity contribution is 0.295. The van der Waals surface area contributed by atoms with Crippen LogP contribution in [0.5, 0.6) is 0 Å². The number of benzene rings is 1. The van der Waals surface area contributed by atoms with Crippen LogP contribution in [0, 0.1) is 5.92 Å². The molecule has 2 atom stereocenters. The molecule has 106 valence electrons. The van der Waals surface area contributed by atoms with Gasteiger partial charge in [-0.15, -0.1) is 0 Å². The van der Waals surface area contributed by atoms with Crippen molar-refractivity contribution in [2.45, 2.75) is 64.3 Å². The van der Waals surface area contributed by atoms with E-state index >= 15 is 0 Å². The van der Waals surface area contributed by atoms with E-state index in [0.29, 0.717) is 17.9 Å². The molecular weight excluding hydrogens is 232 g/mol. The fraction of sp³-hybridized carbons (Fsp3) is 0.647. The molecule has 0 saturated carbocycles. The van der Waals surface area contributed by atoms with Crippen molar-refractivity contribution in [2.24, 2.45) is 11.8 Å². The first kappa shape index (κ1) is 14.5. The van der Waals surface area contributed by atoms with Crippen LogP contribution in [0.3, 0.4) is 0 Å². The Kier molecular flexibility index (Phi) is 5.41. The van der Waals surface area contributed by atoms with Gasteiger partial charge in [0.25, 0.3) is 0 Å². The number of hydrogen-bond acceptors (Lipinski definition) is 2. The Bertz CT molecular complexity index is 385. The van der Waals surface area contributed by atoms with Crippen LogP contribution in [0.15, 0.2) is 24.3 Å². The molecule has 0 radical (unpaired) electrons. The van der Waals surface area contributed by atoms with Gasteiger partial charge in [-0.3, -0.25) is 11.3 Å². The summed E-state index contributed by atoms with van der Waals surface area (Å²) in [6, 6.07) is 9.41. The molecule has 0 aliphatic heterocycles. The summed E-state index contributed by atoms with van der Waals surface area (Å²) in [6.07, 6.45) is 7.48. The van der Waals surface area contributed by atoms with Gasteiger partial charge < -0.3 is 0 Å². The van der Waals surface area contributed by atoms with E-state index in [-0.39, 0.29) is 0 Å². The quantitative estimate of drug-likeness (QED) is 0.603. The third-order valence-corrected chi connectivity index (χ3v) is 4.86. The Hall–Kier alpha value is -0.860. The standard InChI is InChI=1S/C17H28N2/c1-3-13(4-2)17(19-18)12-15-10-7-9-14-8-5-6-11-16(14)15/h5-6,8,11,13,15,17,19H,3-4,7,9-10,12,18H2,1-2H3. The van der Waals surface area contributed by atoms with Gasteiger partial charge >= 0.3 is 0 Å². The first-order valence-electron chi connectivity index (χ1n) is 7.84. The topological polar surface area (TPSA) is 38.0 Å². The molecule has 0 aromatic heterocycles. The van der Waals surface area contributed by atoms with Crippen molar-refractivity contribution in [3.05, 3.63) is 35.4 Å². The molecule has 2 unspecified atom stereocenters. The highest BCUT2D eigenvalue weighted by Crippen LogP contribution is 2.36. The molecule has 0 fully saturated rings. The number of hydrogen-bond donors (Lipinski definition) is 2. The number of aryl methyl sites for hydroxylation is 1. The molecule has 0 heterocycles. The minimum atomic E-state index is 0.450. The number of rotatable bonds is 6. The minimum absolute atomic E-state index is 0.450. The maximum absolute atomic E-state index is 5.81. The molecule has 0 spiro atoms. The highest BCUT2D eigenvalue weighted by atomic mass is 15.2. The SMILES string of the molecule is CCC(CC)C(CC1CCCc2ccccc21)NN. The van der Waals surface area contributed by atoms with Crippen molar-refractivity contribution < 1.29 is 0 Å². The predicted molar refractivity (Wildman–Crippen MR) is 81.9 cm³/mol. The van der Waals surface area contributed by atoms with Gasteiger partial charge in [0.05, 0.1) is 0 Å². The Labute approximate surface area is 117 Å². The van der Waals surface area contributed by atoms with E-state index < -0.39 is 0 Å². The molecule has 1 aliphatic carbocycles. The van der Waals surface area contributed by atoms with Gasteiger partial charge in [0.1, 0.15) is 0 Å². The smallest absolute Gasteiger partial charge is 0.0244 e. The number of hydrazine groups is 1. The number of nitrogens with one attached hydrogen (secondary N) is 1. The van der Waals surface area contributed by atoms with E-state index in [0.717, 1.165) is 0 Å². The van der Waals surface area contributed by atoms with Crippen molar-refractivity contribution >= 4 is 0 Å². The van der Waals surface area contributed by atoms with E-state index in [1.54, 1.807) is 11.1 Å². The summed E-state index contributed by atoms with van der Waals surface area (Å²) in [5.74, 6) is 7.19. The highest BCUT2D eigenvalue weighted by Gasteiger charge is 2.25. The zero-order valence-corrected chi connectivity index (χ0v) is 12.4. The van der Waals surface area contributed by atoms with Crippen molar-refractivity contribution in [1.82, 2.24) is 5.43 Å². The van der Waals surface area contributed by atoms with E-state index in [1.807, 2.05) is 0 Å². The second-order valence-corrected chi connectivity index (χ2v) is 5.87. The van der Waals surface area contributed by atoms with Crippen LogP contribution >= 0.6 is 0 Å². The van der Waals surface area contributed by atoms with Crippen molar-refractivity contribution in [3.8, 4) is 0 Å². The van der Waals surface area contributed by atoms with Crippen LogP contribution < -0.4 is 11.3 Å². The molecular formula is C17H28N2. The van der Waals surface area contributed by atoms with Crippen LogP contribution in [0.4, 0.5) is 0 Å². The fourth-order valence-electron chi connectivity index (χ4n) is 3.66. The average molecular weight is 260 g/mol. The van der Waals surface area contributed by atoms with Gasteiger partial charge in [-0.1, -0.05) is 51.0 Å². The summed E-state index contributed by atoms with van der Waals surface area (Å²) in [7, 11) is 0. The lowest BCUT2D eigenvalue weighted by atomic mass is 9.77. The van der Waals surface area contributed by atoms with E-state index in [1.165, 1.54) is 38.5 Å². The third-order valence-electron chi connectivity index (χ3n) is 4.86. The molecule has 3 N–H and O–H groups in total. The van der Waals surface area contributed by atoms with Crippen LogP contribution in [0.2, 0.25) is 0 Å². The summed E-state index contributed by atoms with van der Waals surface area (Å²) >= 11 is 0. The molecule has 1 aliphatic rings. The Morgan fingerprint density at radius 1 is 1.26 bits per heavy atom. The average Bonchev–Trinajstić information content (AvgIpc) is 2.47. The Morgan fingerprint density at radius 2 is 2.00 bits per heavy atom. The van der Waals surface area contributed by atoms with Gasteiger partial charge in [-0.2, -0.15) is 0 Å². The maximum atomic E-state index is 5.81. The Morgan fingerprint density at radius 3 is 2.68 bits per heavy atom. The zero-order chi connectivity index (χ0) is 13.7. The van der Waals surface area contributed by atoms with Crippen LogP contribution in [0.1, 0.15) is 63.0 Å². The van der Waals surface area contributed by atoms with Crippen molar-refractivity contribution in [2.75, 3.05) is 0 Å². The third kappa shape index (κ3) is 3.37. The summed E-state index contributed by atoms with van der Waals surface area (Å²) in [4.78, 5) is 0. The molecule has 0 bridgehead atoms. The lowest BCUT2D eigenvalue weighted by Crippen LogP contribution is -2.42. The number of fused-ring (bicyclic) bond motifs is 1. The zero-order valence-electron chi connectivity index (χ0n) is 12.4. The largest absolute Gasteiger partial charge is 0.271 e. The van der Waals surface area contributed by atoms with Crippen LogP contribution in [-0.2, 0) is 6.42 Å². The molecule has 2 rings (SSSR count). The molecule has 19 heavy (non-hydrogen) atoms. The van der Waals surface area contributed by atoms with Gasteiger partial charge in [0.15, 0.2) is 0 Å². The predicted octanol–water partition coefficient (Wildman–Crippen LogP) is 3.76. The molecule has 2 heteroatoms. The molecule has 0 saturated heterocycles. The summed E-state index contributed by atoms with van der Waals surface area (Å²) in [5.41, 5.74) is 6.21. The van der Waals surface area contributed by atoms with Gasteiger partial charge in [-0.25, -0.2) is 0 Å². The second kappa shape index (κ2) is 7.06. The Balaban J connectivity index is 2.10. The van der Waals surface area contributed by atoms with E-state index in [2.05, 4.69) is 43.5 Å².